The van der Waals surface area contributed by atoms with Gasteiger partial charge in [-0.25, -0.2) is 0 Å². The predicted octanol–water partition coefficient (Wildman–Crippen LogP) is 4.12. The van der Waals surface area contributed by atoms with E-state index in [0.29, 0.717) is 0 Å². The summed E-state index contributed by atoms with van der Waals surface area (Å²) in [5, 5.41) is 3.40. The van der Waals surface area contributed by atoms with Gasteiger partial charge in [0.15, 0.2) is 0 Å². The average Bonchev–Trinajstić information content (AvgIpc) is 2.70. The Hall–Kier alpha value is -1.02. The van der Waals surface area contributed by atoms with E-state index >= 15 is 0 Å². The van der Waals surface area contributed by atoms with Crippen LogP contribution in [0.25, 0.3) is 0 Å². The van der Waals surface area contributed by atoms with Crippen LogP contribution in [0.4, 0.5) is 5.69 Å². The molecule has 0 amide bonds. The zero-order valence-electron chi connectivity index (χ0n) is 13.4. The van der Waals surface area contributed by atoms with Gasteiger partial charge in [0.25, 0.3) is 0 Å². The molecule has 0 saturated carbocycles. The molecule has 2 rings (SSSR count). The summed E-state index contributed by atoms with van der Waals surface area (Å²) in [7, 11) is 0. The molecule has 20 heavy (non-hydrogen) atoms. The van der Waals surface area contributed by atoms with Gasteiger partial charge in [-0.2, -0.15) is 0 Å². The fourth-order valence-electron chi connectivity index (χ4n) is 3.27. The van der Waals surface area contributed by atoms with Crippen LogP contribution in [0.5, 0.6) is 0 Å². The van der Waals surface area contributed by atoms with Crippen LogP contribution in [0.3, 0.4) is 0 Å². The Kier molecular flexibility index (Phi) is 5.90. The van der Waals surface area contributed by atoms with Crippen LogP contribution in [-0.2, 0) is 6.54 Å². The Morgan fingerprint density at radius 2 is 2.05 bits per heavy atom. The van der Waals surface area contributed by atoms with Gasteiger partial charge in [-0.05, 0) is 55.8 Å². The van der Waals surface area contributed by atoms with Crippen LogP contribution in [0.1, 0.15) is 50.7 Å². The van der Waals surface area contributed by atoms with E-state index in [0.717, 1.165) is 19.0 Å². The Labute approximate surface area is 124 Å². The van der Waals surface area contributed by atoms with E-state index in [2.05, 4.69) is 49.2 Å². The van der Waals surface area contributed by atoms with Crippen molar-refractivity contribution < 1.29 is 0 Å². The summed E-state index contributed by atoms with van der Waals surface area (Å²) in [6.07, 6.45) is 5.45. The lowest BCUT2D eigenvalue weighted by Crippen LogP contribution is -2.25. The molecule has 1 heterocycles. The number of rotatable bonds is 5. The topological polar surface area (TPSA) is 15.3 Å². The average molecular weight is 274 g/mol. The number of hydrogen-bond acceptors (Lipinski definition) is 2. The first-order chi connectivity index (χ1) is 9.74. The third-order valence-electron chi connectivity index (χ3n) is 4.61. The normalized spacial score (nSPS) is 19.9. The van der Waals surface area contributed by atoms with Crippen LogP contribution in [0.2, 0.25) is 0 Å². The fourth-order valence-corrected chi connectivity index (χ4v) is 3.27. The number of aryl methyl sites for hydroxylation is 1. The SMILES string of the molecule is CCNCc1ccc(N2CCCC(CC)CC2)c(C)c1. The van der Waals surface area contributed by atoms with Gasteiger partial charge in [-0.3, -0.25) is 0 Å². The van der Waals surface area contributed by atoms with Gasteiger partial charge in [0.2, 0.25) is 0 Å². The molecule has 2 heteroatoms. The second-order valence-corrected chi connectivity index (χ2v) is 6.09. The van der Waals surface area contributed by atoms with Crippen molar-refractivity contribution in [3.05, 3.63) is 29.3 Å². The van der Waals surface area contributed by atoms with Gasteiger partial charge in [0, 0.05) is 25.3 Å². The molecule has 0 bridgehead atoms. The Morgan fingerprint density at radius 1 is 1.20 bits per heavy atom. The molecule has 1 fully saturated rings. The number of benzene rings is 1. The third kappa shape index (κ3) is 3.99. The highest BCUT2D eigenvalue weighted by Crippen LogP contribution is 2.27. The molecule has 1 unspecified atom stereocenters. The van der Waals surface area contributed by atoms with Crippen LogP contribution in [0.15, 0.2) is 18.2 Å². The first-order valence-electron chi connectivity index (χ1n) is 8.29. The number of anilines is 1. The van der Waals surface area contributed by atoms with Gasteiger partial charge >= 0.3 is 0 Å². The summed E-state index contributed by atoms with van der Waals surface area (Å²) in [5.41, 5.74) is 4.27. The second kappa shape index (κ2) is 7.68. The predicted molar refractivity (Wildman–Crippen MR) is 88.4 cm³/mol. The Balaban J connectivity index is 2.04. The van der Waals surface area contributed by atoms with Crippen LogP contribution < -0.4 is 10.2 Å². The molecule has 0 spiro atoms. The van der Waals surface area contributed by atoms with Crippen molar-refractivity contribution in [1.29, 1.82) is 0 Å². The standard InChI is InChI=1S/C18H30N2/c1-4-16-7-6-11-20(12-10-16)18-9-8-17(13-15(18)3)14-19-5-2/h8-9,13,16,19H,4-7,10-12,14H2,1-3H3. The third-order valence-corrected chi connectivity index (χ3v) is 4.61. The molecule has 0 aromatic heterocycles. The number of hydrogen-bond donors (Lipinski definition) is 1. The lowest BCUT2D eigenvalue weighted by atomic mass is 9.98. The molecule has 112 valence electrons. The van der Waals surface area contributed by atoms with Crippen molar-refractivity contribution in [3.63, 3.8) is 0 Å². The molecule has 1 atom stereocenters. The highest BCUT2D eigenvalue weighted by Gasteiger charge is 2.17. The van der Waals surface area contributed by atoms with Gasteiger partial charge in [-0.1, -0.05) is 32.4 Å². The molecule has 1 saturated heterocycles. The van der Waals surface area contributed by atoms with E-state index in [1.165, 1.54) is 55.6 Å². The van der Waals surface area contributed by atoms with Crippen molar-refractivity contribution in [2.24, 2.45) is 5.92 Å². The number of nitrogens with zero attached hydrogens (tertiary/aromatic N) is 1. The van der Waals surface area contributed by atoms with E-state index in [4.69, 9.17) is 0 Å². The highest BCUT2D eigenvalue weighted by atomic mass is 15.1. The minimum Gasteiger partial charge on any atom is -0.371 e. The number of nitrogens with one attached hydrogen (secondary N) is 1. The van der Waals surface area contributed by atoms with Gasteiger partial charge in [0.1, 0.15) is 0 Å². The van der Waals surface area contributed by atoms with E-state index in [1.54, 1.807) is 0 Å². The Bertz CT molecular complexity index is 414. The quantitative estimate of drug-likeness (QED) is 0.869. The second-order valence-electron chi connectivity index (χ2n) is 6.09. The summed E-state index contributed by atoms with van der Waals surface area (Å²) in [5.74, 6) is 0.938. The molecular weight excluding hydrogens is 244 g/mol. The molecule has 1 aliphatic heterocycles. The molecule has 1 aliphatic rings. The van der Waals surface area contributed by atoms with Gasteiger partial charge in [0.05, 0.1) is 0 Å². The molecule has 2 nitrogen and oxygen atoms in total. The lowest BCUT2D eigenvalue weighted by molar-refractivity contribution is 0.459. The molecule has 0 aliphatic carbocycles. The van der Waals surface area contributed by atoms with Crippen LogP contribution in [0, 0.1) is 12.8 Å². The van der Waals surface area contributed by atoms with Crippen molar-refractivity contribution >= 4 is 5.69 Å². The van der Waals surface area contributed by atoms with Gasteiger partial charge < -0.3 is 10.2 Å². The molecule has 1 aromatic rings. The zero-order valence-corrected chi connectivity index (χ0v) is 13.4. The smallest absolute Gasteiger partial charge is 0.0396 e. The summed E-state index contributed by atoms with van der Waals surface area (Å²) in [4.78, 5) is 2.60. The Morgan fingerprint density at radius 3 is 2.75 bits per heavy atom. The van der Waals surface area contributed by atoms with Crippen LogP contribution in [-0.4, -0.2) is 19.6 Å². The van der Waals surface area contributed by atoms with Crippen LogP contribution >= 0.6 is 0 Å². The lowest BCUT2D eigenvalue weighted by Gasteiger charge is -2.25. The first kappa shape index (κ1) is 15.4. The maximum atomic E-state index is 3.40. The van der Waals surface area contributed by atoms with E-state index in [-0.39, 0.29) is 0 Å². The minimum atomic E-state index is 0.938. The van der Waals surface area contributed by atoms with Gasteiger partial charge in [-0.15, -0.1) is 0 Å². The van der Waals surface area contributed by atoms with E-state index < -0.39 is 0 Å². The molecule has 1 N–H and O–H groups in total. The summed E-state index contributed by atoms with van der Waals surface area (Å²) in [6.45, 7) is 11.2. The molecule has 1 aromatic carbocycles. The fraction of sp³-hybridized carbons (Fsp3) is 0.667. The zero-order chi connectivity index (χ0) is 14.4. The maximum absolute atomic E-state index is 3.40. The first-order valence-corrected chi connectivity index (χ1v) is 8.29. The highest BCUT2D eigenvalue weighted by molar-refractivity contribution is 5.54. The van der Waals surface area contributed by atoms with E-state index in [9.17, 15) is 0 Å². The largest absolute Gasteiger partial charge is 0.371 e. The van der Waals surface area contributed by atoms with Crippen molar-refractivity contribution in [1.82, 2.24) is 5.32 Å². The summed E-state index contributed by atoms with van der Waals surface area (Å²) in [6, 6.07) is 6.96. The van der Waals surface area contributed by atoms with E-state index in [1.807, 2.05) is 0 Å². The minimum absolute atomic E-state index is 0.938. The summed E-state index contributed by atoms with van der Waals surface area (Å²) >= 11 is 0. The van der Waals surface area contributed by atoms with Crippen molar-refractivity contribution in [2.75, 3.05) is 24.5 Å². The summed E-state index contributed by atoms with van der Waals surface area (Å²) < 4.78 is 0. The van der Waals surface area contributed by atoms with Crippen molar-refractivity contribution in [3.8, 4) is 0 Å². The molecule has 0 radical (unpaired) electrons. The molecular formula is C18H30N2. The monoisotopic (exact) mass is 274 g/mol. The van der Waals surface area contributed by atoms with Crippen molar-refractivity contribution in [2.45, 2.75) is 53.0 Å². The maximum Gasteiger partial charge on any atom is 0.0396 e.